The van der Waals surface area contributed by atoms with Crippen molar-refractivity contribution in [3.63, 3.8) is 0 Å². The van der Waals surface area contributed by atoms with Crippen molar-refractivity contribution in [3.8, 4) is 5.75 Å². The standard InChI is InChI=1S/C21H19ClN4O5S/c1-31-18-11-9-17(10-12-18)26-32(29,30)19-4-2-3-14(13-19)20(27)24-25-21(28)23-16-7-5-15(22)6-8-16/h2-13,26H,1H3,(H,24,27)(H2,23,25,28). The quantitative estimate of drug-likeness (QED) is 0.406. The maximum absolute atomic E-state index is 12.7. The number of hydrogen-bond donors (Lipinski definition) is 4. The first kappa shape index (κ1) is 22.9. The first-order chi connectivity index (χ1) is 15.3. The monoisotopic (exact) mass is 474 g/mol. The van der Waals surface area contributed by atoms with Gasteiger partial charge in [-0.3, -0.25) is 14.9 Å². The van der Waals surface area contributed by atoms with Gasteiger partial charge in [-0.2, -0.15) is 0 Å². The maximum atomic E-state index is 12.7. The Morgan fingerprint density at radius 3 is 2.19 bits per heavy atom. The number of urea groups is 1. The molecule has 3 amide bonds. The summed E-state index contributed by atoms with van der Waals surface area (Å²) in [5.41, 5.74) is 5.25. The largest absolute Gasteiger partial charge is 0.497 e. The van der Waals surface area contributed by atoms with Crippen LogP contribution in [0.5, 0.6) is 5.75 Å². The number of sulfonamides is 1. The van der Waals surface area contributed by atoms with Crippen LogP contribution >= 0.6 is 11.6 Å². The minimum Gasteiger partial charge on any atom is -0.497 e. The zero-order chi connectivity index (χ0) is 23.1. The number of rotatable bonds is 6. The van der Waals surface area contributed by atoms with E-state index < -0.39 is 22.0 Å². The highest BCUT2D eigenvalue weighted by Gasteiger charge is 2.17. The van der Waals surface area contributed by atoms with Crippen molar-refractivity contribution in [2.45, 2.75) is 4.90 Å². The van der Waals surface area contributed by atoms with Crippen LogP contribution in [0, 0.1) is 0 Å². The molecular formula is C21H19ClN4O5S. The normalized spacial score (nSPS) is 10.7. The van der Waals surface area contributed by atoms with Gasteiger partial charge < -0.3 is 10.1 Å². The molecule has 3 aromatic rings. The molecule has 166 valence electrons. The van der Waals surface area contributed by atoms with Gasteiger partial charge in [0.1, 0.15) is 5.75 Å². The molecule has 0 spiro atoms. The van der Waals surface area contributed by atoms with Crippen LogP contribution in [0.15, 0.2) is 77.7 Å². The van der Waals surface area contributed by atoms with Crippen LogP contribution in [-0.4, -0.2) is 27.5 Å². The van der Waals surface area contributed by atoms with E-state index in [1.165, 1.54) is 31.4 Å². The second kappa shape index (κ2) is 10.0. The van der Waals surface area contributed by atoms with Crippen LogP contribution in [0.2, 0.25) is 5.02 Å². The number of benzene rings is 3. The van der Waals surface area contributed by atoms with Crippen molar-refractivity contribution in [2.24, 2.45) is 0 Å². The van der Waals surface area contributed by atoms with E-state index in [0.29, 0.717) is 22.1 Å². The van der Waals surface area contributed by atoms with Gasteiger partial charge in [0.25, 0.3) is 15.9 Å². The average molecular weight is 475 g/mol. The highest BCUT2D eigenvalue weighted by Crippen LogP contribution is 2.20. The smallest absolute Gasteiger partial charge is 0.337 e. The highest BCUT2D eigenvalue weighted by molar-refractivity contribution is 7.92. The summed E-state index contributed by atoms with van der Waals surface area (Å²) in [5, 5.41) is 3.02. The lowest BCUT2D eigenvalue weighted by atomic mass is 10.2. The third-order valence-corrected chi connectivity index (χ3v) is 5.77. The average Bonchev–Trinajstić information content (AvgIpc) is 2.79. The van der Waals surface area contributed by atoms with Crippen LogP contribution in [0.1, 0.15) is 10.4 Å². The fraction of sp³-hybridized carbons (Fsp3) is 0.0476. The van der Waals surface area contributed by atoms with Gasteiger partial charge >= 0.3 is 6.03 Å². The molecule has 11 heteroatoms. The Labute approximate surface area is 189 Å². The lowest BCUT2D eigenvalue weighted by Gasteiger charge is -2.11. The number of carbonyl (C=O) groups is 2. The minimum absolute atomic E-state index is 0.0365. The number of carbonyl (C=O) groups excluding carboxylic acids is 2. The molecule has 0 aliphatic rings. The van der Waals surface area contributed by atoms with Crippen LogP contribution in [0.4, 0.5) is 16.2 Å². The Morgan fingerprint density at radius 1 is 0.875 bits per heavy atom. The summed E-state index contributed by atoms with van der Waals surface area (Å²) < 4.78 is 32.8. The Hall–Kier alpha value is -3.76. The summed E-state index contributed by atoms with van der Waals surface area (Å²) >= 11 is 5.78. The van der Waals surface area contributed by atoms with E-state index in [4.69, 9.17) is 16.3 Å². The number of amides is 3. The fourth-order valence-corrected chi connectivity index (χ4v) is 3.79. The van der Waals surface area contributed by atoms with Gasteiger partial charge in [0, 0.05) is 22.0 Å². The van der Waals surface area contributed by atoms with E-state index in [1.807, 2.05) is 0 Å². The van der Waals surface area contributed by atoms with Crippen LogP contribution in [0.3, 0.4) is 0 Å². The number of hydrazine groups is 1. The predicted octanol–water partition coefficient (Wildman–Crippen LogP) is 3.62. The summed E-state index contributed by atoms with van der Waals surface area (Å²) in [7, 11) is -2.44. The Bertz CT molecular complexity index is 1220. The van der Waals surface area contributed by atoms with E-state index in [0.717, 1.165) is 0 Å². The number of methoxy groups -OCH3 is 1. The second-order valence-electron chi connectivity index (χ2n) is 6.40. The third-order valence-electron chi connectivity index (χ3n) is 4.14. The summed E-state index contributed by atoms with van der Waals surface area (Å²) in [4.78, 5) is 24.2. The number of ether oxygens (including phenoxy) is 1. The minimum atomic E-state index is -3.95. The lowest BCUT2D eigenvalue weighted by Crippen LogP contribution is -2.43. The molecule has 9 nitrogen and oxygen atoms in total. The molecule has 0 aliphatic carbocycles. The first-order valence-electron chi connectivity index (χ1n) is 9.17. The van der Waals surface area contributed by atoms with Gasteiger partial charge in [0.15, 0.2) is 0 Å². The molecule has 4 N–H and O–H groups in total. The number of hydrogen-bond acceptors (Lipinski definition) is 5. The summed E-state index contributed by atoms with van der Waals surface area (Å²) in [5.74, 6) is -0.114. The third kappa shape index (κ3) is 6.13. The van der Waals surface area contributed by atoms with Gasteiger partial charge in [-0.05, 0) is 66.7 Å². The molecule has 0 saturated carbocycles. The number of halogens is 1. The fourth-order valence-electron chi connectivity index (χ4n) is 2.56. The Balaban J connectivity index is 1.62. The molecule has 0 bridgehead atoms. The van der Waals surface area contributed by atoms with Crippen LogP contribution in [0.25, 0.3) is 0 Å². The van der Waals surface area contributed by atoms with Crippen molar-refractivity contribution < 1.29 is 22.7 Å². The second-order valence-corrected chi connectivity index (χ2v) is 8.52. The van der Waals surface area contributed by atoms with E-state index in [9.17, 15) is 18.0 Å². The van der Waals surface area contributed by atoms with Crippen molar-refractivity contribution in [1.82, 2.24) is 10.9 Å². The molecule has 3 aromatic carbocycles. The predicted molar refractivity (Wildman–Crippen MR) is 121 cm³/mol. The van der Waals surface area contributed by atoms with Gasteiger partial charge in [-0.1, -0.05) is 17.7 Å². The SMILES string of the molecule is COc1ccc(NS(=O)(=O)c2cccc(C(=O)NNC(=O)Nc3ccc(Cl)cc3)c2)cc1. The topological polar surface area (TPSA) is 126 Å². The molecule has 0 fully saturated rings. The van der Waals surface area contributed by atoms with Gasteiger partial charge in [-0.15, -0.1) is 0 Å². The molecule has 0 saturated heterocycles. The lowest BCUT2D eigenvalue weighted by molar-refractivity contribution is 0.0937. The zero-order valence-corrected chi connectivity index (χ0v) is 18.3. The van der Waals surface area contributed by atoms with Gasteiger partial charge in [-0.25, -0.2) is 18.6 Å². The van der Waals surface area contributed by atoms with Crippen LogP contribution in [-0.2, 0) is 10.0 Å². The van der Waals surface area contributed by atoms with Crippen molar-refractivity contribution in [1.29, 1.82) is 0 Å². The maximum Gasteiger partial charge on any atom is 0.337 e. The molecular weight excluding hydrogens is 456 g/mol. The van der Waals surface area contributed by atoms with Crippen molar-refractivity contribution in [3.05, 3.63) is 83.4 Å². The van der Waals surface area contributed by atoms with Crippen molar-refractivity contribution in [2.75, 3.05) is 17.1 Å². The molecule has 0 aromatic heterocycles. The van der Waals surface area contributed by atoms with Crippen LogP contribution < -0.4 is 25.6 Å². The first-order valence-corrected chi connectivity index (χ1v) is 11.0. The summed E-state index contributed by atoms with van der Waals surface area (Å²) in [6.07, 6.45) is 0. The van der Waals surface area contributed by atoms with E-state index in [-0.39, 0.29) is 10.5 Å². The van der Waals surface area contributed by atoms with E-state index in [1.54, 1.807) is 48.5 Å². The summed E-state index contributed by atoms with van der Waals surface area (Å²) in [6, 6.07) is 17.4. The molecule has 0 atom stereocenters. The molecule has 0 heterocycles. The van der Waals surface area contributed by atoms with E-state index >= 15 is 0 Å². The van der Waals surface area contributed by atoms with Crippen molar-refractivity contribution >= 4 is 44.9 Å². The Kier molecular flexibility index (Phi) is 7.18. The molecule has 0 unspecified atom stereocenters. The molecule has 32 heavy (non-hydrogen) atoms. The van der Waals surface area contributed by atoms with Gasteiger partial charge in [0.05, 0.1) is 12.0 Å². The highest BCUT2D eigenvalue weighted by atomic mass is 35.5. The Morgan fingerprint density at radius 2 is 1.53 bits per heavy atom. The zero-order valence-electron chi connectivity index (χ0n) is 16.8. The molecule has 3 rings (SSSR count). The number of nitrogens with one attached hydrogen (secondary N) is 4. The van der Waals surface area contributed by atoms with E-state index in [2.05, 4.69) is 20.9 Å². The number of anilines is 2. The molecule has 0 radical (unpaired) electrons. The molecule has 0 aliphatic heterocycles. The van der Waals surface area contributed by atoms with Gasteiger partial charge in [0.2, 0.25) is 0 Å². The summed E-state index contributed by atoms with van der Waals surface area (Å²) in [6.45, 7) is 0.